The fourth-order valence-electron chi connectivity index (χ4n) is 1.70. The molecular weight excluding hydrogens is 282 g/mol. The number of methoxy groups -OCH3 is 1. The van der Waals surface area contributed by atoms with Crippen molar-refractivity contribution in [1.29, 1.82) is 0 Å². The zero-order valence-electron chi connectivity index (χ0n) is 9.64. The van der Waals surface area contributed by atoms with E-state index in [4.69, 9.17) is 4.74 Å². The van der Waals surface area contributed by atoms with Crippen LogP contribution in [-0.4, -0.2) is 21.9 Å². The van der Waals surface area contributed by atoms with Gasteiger partial charge in [0.1, 0.15) is 18.4 Å². The third-order valence-corrected chi connectivity index (χ3v) is 3.04. The van der Waals surface area contributed by atoms with Gasteiger partial charge in [-0.05, 0) is 30.5 Å². The summed E-state index contributed by atoms with van der Waals surface area (Å²) >= 11 is 3.43. The van der Waals surface area contributed by atoms with Gasteiger partial charge in [0.2, 0.25) is 0 Å². The zero-order valence-corrected chi connectivity index (χ0v) is 11.2. The van der Waals surface area contributed by atoms with Crippen LogP contribution in [0.4, 0.5) is 0 Å². The number of nitrogens with zero attached hydrogens (tertiary/aromatic N) is 3. The zero-order chi connectivity index (χ0) is 12.1. The van der Waals surface area contributed by atoms with Crippen LogP contribution in [0.1, 0.15) is 12.0 Å². The van der Waals surface area contributed by atoms with Gasteiger partial charge in [0.05, 0.1) is 7.11 Å². The molecular formula is C12H14BrN3O. The summed E-state index contributed by atoms with van der Waals surface area (Å²) in [6, 6.07) is 6.11. The summed E-state index contributed by atoms with van der Waals surface area (Å²) < 4.78 is 8.22. The summed E-state index contributed by atoms with van der Waals surface area (Å²) in [6.07, 6.45) is 5.27. The molecule has 0 amide bonds. The maximum atomic E-state index is 5.35. The summed E-state index contributed by atoms with van der Waals surface area (Å²) in [5.41, 5.74) is 1.22. The molecule has 0 radical (unpaired) electrons. The third-order valence-electron chi connectivity index (χ3n) is 2.55. The Morgan fingerprint density at radius 3 is 3.00 bits per heavy atom. The summed E-state index contributed by atoms with van der Waals surface area (Å²) in [5, 5.41) is 4.07. The average Bonchev–Trinajstić information content (AvgIpc) is 2.84. The minimum absolute atomic E-state index is 0.874. The molecule has 0 N–H and O–H groups in total. The van der Waals surface area contributed by atoms with Crippen molar-refractivity contribution >= 4 is 15.9 Å². The van der Waals surface area contributed by atoms with Gasteiger partial charge < -0.3 is 4.74 Å². The minimum atomic E-state index is 0.874. The summed E-state index contributed by atoms with van der Waals surface area (Å²) in [4.78, 5) is 3.91. The number of hydrogen-bond donors (Lipinski definition) is 0. The molecule has 2 aromatic rings. The van der Waals surface area contributed by atoms with E-state index >= 15 is 0 Å². The van der Waals surface area contributed by atoms with Crippen LogP contribution in [0.15, 0.2) is 35.3 Å². The van der Waals surface area contributed by atoms with Crippen molar-refractivity contribution in [3.8, 4) is 5.75 Å². The molecule has 0 atom stereocenters. The van der Waals surface area contributed by atoms with Crippen LogP contribution in [0.3, 0.4) is 0 Å². The van der Waals surface area contributed by atoms with Crippen LogP contribution >= 0.6 is 15.9 Å². The number of hydrogen-bond acceptors (Lipinski definition) is 3. The van der Waals surface area contributed by atoms with Gasteiger partial charge in [0.15, 0.2) is 0 Å². The van der Waals surface area contributed by atoms with E-state index in [-0.39, 0.29) is 0 Å². The molecule has 0 saturated carbocycles. The lowest BCUT2D eigenvalue weighted by atomic mass is 10.1. The van der Waals surface area contributed by atoms with Crippen LogP contribution < -0.4 is 4.74 Å². The number of aryl methyl sites for hydroxylation is 2. The molecule has 0 fully saturated rings. The smallest absolute Gasteiger partial charge is 0.137 e. The maximum absolute atomic E-state index is 5.35. The lowest BCUT2D eigenvalue weighted by molar-refractivity contribution is 0.408. The number of halogens is 1. The van der Waals surface area contributed by atoms with E-state index in [2.05, 4.69) is 32.1 Å². The second kappa shape index (κ2) is 5.82. The van der Waals surface area contributed by atoms with E-state index in [1.54, 1.807) is 19.8 Å². The Kier molecular flexibility index (Phi) is 4.14. The SMILES string of the molecule is COc1cc(Br)ccc1CCCn1cncn1. The minimum Gasteiger partial charge on any atom is -0.496 e. The van der Waals surface area contributed by atoms with E-state index in [0.29, 0.717) is 0 Å². The van der Waals surface area contributed by atoms with Crippen molar-refractivity contribution in [2.24, 2.45) is 0 Å². The highest BCUT2D eigenvalue weighted by atomic mass is 79.9. The molecule has 90 valence electrons. The molecule has 0 aliphatic carbocycles. The van der Waals surface area contributed by atoms with Crippen LogP contribution in [0.25, 0.3) is 0 Å². The van der Waals surface area contributed by atoms with Gasteiger partial charge in [0, 0.05) is 11.0 Å². The Morgan fingerprint density at radius 2 is 2.29 bits per heavy atom. The average molecular weight is 296 g/mol. The molecule has 17 heavy (non-hydrogen) atoms. The van der Waals surface area contributed by atoms with Gasteiger partial charge >= 0.3 is 0 Å². The fraction of sp³-hybridized carbons (Fsp3) is 0.333. The van der Waals surface area contributed by atoms with Crippen LogP contribution in [0.2, 0.25) is 0 Å². The summed E-state index contributed by atoms with van der Waals surface area (Å²) in [7, 11) is 1.70. The largest absolute Gasteiger partial charge is 0.496 e. The Labute approximate surface area is 109 Å². The quantitative estimate of drug-likeness (QED) is 0.851. The molecule has 1 aromatic carbocycles. The normalized spacial score (nSPS) is 10.5. The fourth-order valence-corrected chi connectivity index (χ4v) is 2.04. The molecule has 0 spiro atoms. The first kappa shape index (κ1) is 12.1. The second-order valence-electron chi connectivity index (χ2n) is 3.72. The van der Waals surface area contributed by atoms with Crippen LogP contribution in [0, 0.1) is 0 Å². The number of aromatic nitrogens is 3. The molecule has 0 saturated heterocycles. The van der Waals surface area contributed by atoms with Crippen molar-refractivity contribution in [3.05, 3.63) is 40.9 Å². The van der Waals surface area contributed by atoms with Crippen molar-refractivity contribution < 1.29 is 4.74 Å². The number of rotatable bonds is 5. The summed E-state index contributed by atoms with van der Waals surface area (Å²) in [6.45, 7) is 0.874. The van der Waals surface area contributed by atoms with Crippen molar-refractivity contribution in [3.63, 3.8) is 0 Å². The molecule has 1 aromatic heterocycles. The van der Waals surface area contributed by atoms with E-state index in [1.807, 2.05) is 16.8 Å². The third kappa shape index (κ3) is 3.30. The maximum Gasteiger partial charge on any atom is 0.137 e. The van der Waals surface area contributed by atoms with Crippen LogP contribution in [0.5, 0.6) is 5.75 Å². The first-order chi connectivity index (χ1) is 8.29. The van der Waals surface area contributed by atoms with E-state index in [9.17, 15) is 0 Å². The topological polar surface area (TPSA) is 39.9 Å². The first-order valence-electron chi connectivity index (χ1n) is 5.44. The predicted molar refractivity (Wildman–Crippen MR) is 69.0 cm³/mol. The molecule has 0 aliphatic rings. The van der Waals surface area contributed by atoms with Crippen molar-refractivity contribution in [1.82, 2.24) is 14.8 Å². The molecule has 4 nitrogen and oxygen atoms in total. The highest BCUT2D eigenvalue weighted by Gasteiger charge is 2.03. The molecule has 5 heteroatoms. The Hall–Kier alpha value is -1.36. The highest BCUT2D eigenvalue weighted by molar-refractivity contribution is 9.10. The number of benzene rings is 1. The monoisotopic (exact) mass is 295 g/mol. The highest BCUT2D eigenvalue weighted by Crippen LogP contribution is 2.24. The van der Waals surface area contributed by atoms with Gasteiger partial charge in [-0.3, -0.25) is 4.68 Å². The van der Waals surface area contributed by atoms with Gasteiger partial charge in [0.25, 0.3) is 0 Å². The molecule has 1 heterocycles. The molecule has 0 bridgehead atoms. The molecule has 2 rings (SSSR count). The lowest BCUT2D eigenvalue weighted by Crippen LogP contribution is -2.01. The predicted octanol–water partition coefficient (Wildman–Crippen LogP) is 2.68. The Morgan fingerprint density at radius 1 is 1.41 bits per heavy atom. The number of ether oxygens (including phenoxy) is 1. The second-order valence-corrected chi connectivity index (χ2v) is 4.63. The van der Waals surface area contributed by atoms with Gasteiger partial charge in [-0.25, -0.2) is 4.98 Å². The lowest BCUT2D eigenvalue weighted by Gasteiger charge is -2.08. The van der Waals surface area contributed by atoms with E-state index < -0.39 is 0 Å². The van der Waals surface area contributed by atoms with E-state index in [1.165, 1.54) is 5.56 Å². The molecule has 0 unspecified atom stereocenters. The summed E-state index contributed by atoms with van der Waals surface area (Å²) in [5.74, 6) is 0.929. The Bertz CT molecular complexity index is 471. The first-order valence-corrected chi connectivity index (χ1v) is 6.23. The van der Waals surface area contributed by atoms with Gasteiger partial charge in [-0.2, -0.15) is 5.10 Å². The van der Waals surface area contributed by atoms with Crippen LogP contribution in [-0.2, 0) is 13.0 Å². The van der Waals surface area contributed by atoms with Crippen molar-refractivity contribution in [2.75, 3.05) is 7.11 Å². The van der Waals surface area contributed by atoms with Crippen molar-refractivity contribution in [2.45, 2.75) is 19.4 Å². The standard InChI is InChI=1S/C12H14BrN3O/c1-17-12-7-11(13)5-4-10(12)3-2-6-16-9-14-8-15-16/h4-5,7-9H,2-3,6H2,1H3. The van der Waals surface area contributed by atoms with Gasteiger partial charge in [-0.1, -0.05) is 22.0 Å². The Balaban J connectivity index is 1.94. The van der Waals surface area contributed by atoms with Gasteiger partial charge in [-0.15, -0.1) is 0 Å². The van der Waals surface area contributed by atoms with E-state index in [0.717, 1.165) is 29.6 Å². The molecule has 0 aliphatic heterocycles.